The van der Waals surface area contributed by atoms with Crippen LogP contribution in [-0.4, -0.2) is 48.7 Å². The van der Waals surface area contributed by atoms with Crippen molar-refractivity contribution in [2.24, 2.45) is 5.92 Å². The summed E-state index contributed by atoms with van der Waals surface area (Å²) in [5.41, 5.74) is 1.68. The van der Waals surface area contributed by atoms with Gasteiger partial charge in [0.15, 0.2) is 5.78 Å². The first-order valence-electron chi connectivity index (χ1n) is 10.6. The number of carbonyl (C=O) groups is 1. The van der Waals surface area contributed by atoms with Crippen molar-refractivity contribution in [3.05, 3.63) is 59.2 Å². The van der Waals surface area contributed by atoms with E-state index in [0.717, 1.165) is 38.0 Å². The van der Waals surface area contributed by atoms with E-state index in [4.69, 9.17) is 9.47 Å². The fourth-order valence-electron chi connectivity index (χ4n) is 3.81. The van der Waals surface area contributed by atoms with E-state index in [0.29, 0.717) is 17.1 Å². The van der Waals surface area contributed by atoms with Gasteiger partial charge in [0, 0.05) is 30.6 Å². The van der Waals surface area contributed by atoms with Gasteiger partial charge in [0.1, 0.15) is 17.1 Å². The summed E-state index contributed by atoms with van der Waals surface area (Å²) in [5, 5.41) is 9.74. The standard InChI is InChI=1S/C26H31NO4/c1-26(2,29)14-13-19-7-9-20(10-8-19)17-27-15-5-6-21(18-27)25(28)23-12-11-22(30-3)16-24(23)31-4/h7-12,16,21,29H,5-6,15,17-18H2,1-4H3. The second kappa shape index (κ2) is 10.00. The average molecular weight is 422 g/mol. The molecule has 1 atom stereocenters. The summed E-state index contributed by atoms with van der Waals surface area (Å²) in [6.45, 7) is 5.84. The zero-order valence-corrected chi connectivity index (χ0v) is 18.8. The van der Waals surface area contributed by atoms with Gasteiger partial charge in [0.05, 0.1) is 19.8 Å². The minimum atomic E-state index is -0.999. The molecule has 5 nitrogen and oxygen atoms in total. The number of likely N-dealkylation sites (tertiary alicyclic amines) is 1. The molecule has 1 heterocycles. The molecule has 0 radical (unpaired) electrons. The van der Waals surface area contributed by atoms with Crippen molar-refractivity contribution in [3.8, 4) is 23.3 Å². The third kappa shape index (κ3) is 6.33. The van der Waals surface area contributed by atoms with Crippen LogP contribution in [0.5, 0.6) is 11.5 Å². The maximum absolute atomic E-state index is 13.2. The molecule has 0 saturated carbocycles. The Balaban J connectivity index is 1.65. The van der Waals surface area contributed by atoms with Gasteiger partial charge >= 0.3 is 0 Å². The minimum Gasteiger partial charge on any atom is -0.497 e. The maximum Gasteiger partial charge on any atom is 0.170 e. The number of ketones is 1. The van der Waals surface area contributed by atoms with Gasteiger partial charge in [0.25, 0.3) is 0 Å². The number of rotatable bonds is 6. The number of aliphatic hydroxyl groups is 1. The lowest BCUT2D eigenvalue weighted by atomic mass is 9.89. The molecule has 2 aromatic carbocycles. The van der Waals surface area contributed by atoms with Crippen LogP contribution in [0, 0.1) is 17.8 Å². The Hall–Kier alpha value is -2.81. The zero-order valence-electron chi connectivity index (χ0n) is 18.8. The van der Waals surface area contributed by atoms with Crippen LogP contribution in [0.15, 0.2) is 42.5 Å². The first-order chi connectivity index (χ1) is 14.8. The van der Waals surface area contributed by atoms with Crippen LogP contribution < -0.4 is 9.47 Å². The van der Waals surface area contributed by atoms with Crippen LogP contribution >= 0.6 is 0 Å². The average Bonchev–Trinajstić information content (AvgIpc) is 2.77. The highest BCUT2D eigenvalue weighted by Gasteiger charge is 2.28. The third-order valence-electron chi connectivity index (χ3n) is 5.42. The predicted molar refractivity (Wildman–Crippen MR) is 121 cm³/mol. The van der Waals surface area contributed by atoms with Crippen molar-refractivity contribution < 1.29 is 19.4 Å². The Labute approximate surface area is 185 Å². The smallest absolute Gasteiger partial charge is 0.170 e. The molecule has 0 bridgehead atoms. The van der Waals surface area contributed by atoms with Crippen molar-refractivity contribution >= 4 is 5.78 Å². The van der Waals surface area contributed by atoms with Crippen molar-refractivity contribution in [2.75, 3.05) is 27.3 Å². The summed E-state index contributed by atoms with van der Waals surface area (Å²) in [6.07, 6.45) is 1.88. The topological polar surface area (TPSA) is 59.0 Å². The molecular formula is C26H31NO4. The van der Waals surface area contributed by atoms with Gasteiger partial charge in [-0.15, -0.1) is 0 Å². The van der Waals surface area contributed by atoms with Gasteiger partial charge in [-0.05, 0) is 63.1 Å². The van der Waals surface area contributed by atoms with Gasteiger partial charge in [-0.3, -0.25) is 9.69 Å². The Morgan fingerprint density at radius 1 is 1.16 bits per heavy atom. The summed E-state index contributed by atoms with van der Waals surface area (Å²) in [5.74, 6) is 7.14. The lowest BCUT2D eigenvalue weighted by Crippen LogP contribution is -2.38. The Bertz CT molecular complexity index is 964. The van der Waals surface area contributed by atoms with Gasteiger partial charge in [-0.25, -0.2) is 0 Å². The van der Waals surface area contributed by atoms with Crippen molar-refractivity contribution in [3.63, 3.8) is 0 Å². The minimum absolute atomic E-state index is 0.0482. The van der Waals surface area contributed by atoms with E-state index >= 15 is 0 Å². The third-order valence-corrected chi connectivity index (χ3v) is 5.42. The SMILES string of the molecule is COc1ccc(C(=O)C2CCCN(Cc3ccc(C#CC(C)(C)O)cc3)C2)c(OC)c1. The van der Waals surface area contributed by atoms with E-state index in [1.165, 1.54) is 5.56 Å². The van der Waals surface area contributed by atoms with Gasteiger partial charge in [-0.1, -0.05) is 24.0 Å². The lowest BCUT2D eigenvalue weighted by Gasteiger charge is -2.32. The molecule has 0 amide bonds. The molecule has 1 N–H and O–H groups in total. The highest BCUT2D eigenvalue weighted by atomic mass is 16.5. The molecule has 2 aromatic rings. The van der Waals surface area contributed by atoms with Gasteiger partial charge < -0.3 is 14.6 Å². The first kappa shape index (κ1) is 22.9. The molecule has 3 rings (SSSR count). The normalized spacial score (nSPS) is 16.9. The molecule has 1 aliphatic heterocycles. The largest absolute Gasteiger partial charge is 0.497 e. The van der Waals surface area contributed by atoms with Crippen LogP contribution in [0.3, 0.4) is 0 Å². The monoisotopic (exact) mass is 421 g/mol. The molecule has 1 aliphatic rings. The number of piperidine rings is 1. The number of nitrogens with zero attached hydrogens (tertiary/aromatic N) is 1. The second-order valence-corrected chi connectivity index (χ2v) is 8.51. The number of benzene rings is 2. The fourth-order valence-corrected chi connectivity index (χ4v) is 3.81. The molecule has 0 aromatic heterocycles. The number of hydrogen-bond donors (Lipinski definition) is 1. The number of Topliss-reactive ketones (excluding diaryl/α,β-unsaturated/α-hetero) is 1. The molecule has 164 valence electrons. The highest BCUT2D eigenvalue weighted by Crippen LogP contribution is 2.30. The summed E-state index contributed by atoms with van der Waals surface area (Å²) < 4.78 is 10.7. The van der Waals surface area contributed by atoms with E-state index in [9.17, 15) is 9.90 Å². The molecule has 1 fully saturated rings. The second-order valence-electron chi connectivity index (χ2n) is 8.51. The molecule has 31 heavy (non-hydrogen) atoms. The Kier molecular flexibility index (Phi) is 7.37. The van der Waals surface area contributed by atoms with Crippen LogP contribution in [0.1, 0.15) is 48.2 Å². The number of carbonyl (C=O) groups excluding carboxylic acids is 1. The van der Waals surface area contributed by atoms with Crippen molar-refractivity contribution in [1.29, 1.82) is 0 Å². The predicted octanol–water partition coefficient (Wildman–Crippen LogP) is 3.92. The quantitative estimate of drug-likeness (QED) is 0.566. The molecule has 1 saturated heterocycles. The fraction of sp³-hybridized carbons (Fsp3) is 0.423. The Morgan fingerprint density at radius 2 is 1.90 bits per heavy atom. The molecule has 0 spiro atoms. The number of hydrogen-bond acceptors (Lipinski definition) is 5. The summed E-state index contributed by atoms with van der Waals surface area (Å²) in [6, 6.07) is 13.4. The van der Waals surface area contributed by atoms with E-state index in [-0.39, 0.29) is 11.7 Å². The highest BCUT2D eigenvalue weighted by molar-refractivity contribution is 6.00. The van der Waals surface area contributed by atoms with E-state index in [2.05, 4.69) is 28.9 Å². The summed E-state index contributed by atoms with van der Waals surface area (Å²) in [4.78, 5) is 15.5. The molecule has 0 aliphatic carbocycles. The summed E-state index contributed by atoms with van der Waals surface area (Å²) in [7, 11) is 3.18. The molecular weight excluding hydrogens is 390 g/mol. The Morgan fingerprint density at radius 3 is 2.55 bits per heavy atom. The maximum atomic E-state index is 13.2. The first-order valence-corrected chi connectivity index (χ1v) is 10.6. The van der Waals surface area contributed by atoms with Crippen molar-refractivity contribution in [2.45, 2.75) is 38.8 Å². The zero-order chi connectivity index (χ0) is 22.4. The van der Waals surface area contributed by atoms with E-state index in [1.54, 1.807) is 46.3 Å². The van der Waals surface area contributed by atoms with Gasteiger partial charge in [-0.2, -0.15) is 0 Å². The number of methoxy groups -OCH3 is 2. The van der Waals surface area contributed by atoms with Crippen LogP contribution in [0.4, 0.5) is 0 Å². The van der Waals surface area contributed by atoms with Crippen LogP contribution in [0.25, 0.3) is 0 Å². The van der Waals surface area contributed by atoms with Gasteiger partial charge in [0.2, 0.25) is 0 Å². The van der Waals surface area contributed by atoms with Crippen LogP contribution in [-0.2, 0) is 6.54 Å². The lowest BCUT2D eigenvalue weighted by molar-refractivity contribution is 0.0808. The number of ether oxygens (including phenoxy) is 2. The summed E-state index contributed by atoms with van der Waals surface area (Å²) >= 11 is 0. The molecule has 5 heteroatoms. The van der Waals surface area contributed by atoms with E-state index < -0.39 is 5.60 Å². The van der Waals surface area contributed by atoms with Crippen LogP contribution in [0.2, 0.25) is 0 Å². The van der Waals surface area contributed by atoms with E-state index in [1.807, 2.05) is 12.1 Å². The van der Waals surface area contributed by atoms with Crippen molar-refractivity contribution in [1.82, 2.24) is 4.90 Å². The molecule has 1 unspecified atom stereocenters.